The third kappa shape index (κ3) is 3.07. The minimum Gasteiger partial charge on any atom is -0.489 e. The van der Waals surface area contributed by atoms with Gasteiger partial charge in [-0.1, -0.05) is 13.8 Å². The zero-order chi connectivity index (χ0) is 13.9. The maximum Gasteiger partial charge on any atom is 0.295 e. The summed E-state index contributed by atoms with van der Waals surface area (Å²) >= 11 is 0. The van der Waals surface area contributed by atoms with Crippen LogP contribution in [0.1, 0.15) is 26.7 Å². The van der Waals surface area contributed by atoms with Crippen LogP contribution in [-0.4, -0.2) is 36.2 Å². The molecule has 0 aliphatic carbocycles. The van der Waals surface area contributed by atoms with Gasteiger partial charge in [0.25, 0.3) is 5.56 Å². The van der Waals surface area contributed by atoms with Crippen molar-refractivity contribution in [3.8, 4) is 5.75 Å². The van der Waals surface area contributed by atoms with Crippen LogP contribution < -0.4 is 20.9 Å². The molecule has 1 aromatic rings. The monoisotopic (exact) mass is 266 g/mol. The van der Waals surface area contributed by atoms with Gasteiger partial charge < -0.3 is 20.4 Å². The normalized spacial score (nSPS) is 21.9. The molecule has 1 atom stereocenters. The first kappa shape index (κ1) is 13.9. The zero-order valence-corrected chi connectivity index (χ0v) is 11.7. The van der Waals surface area contributed by atoms with Crippen LogP contribution in [0.3, 0.4) is 0 Å². The van der Waals surface area contributed by atoms with Gasteiger partial charge in [0.2, 0.25) is 5.75 Å². The summed E-state index contributed by atoms with van der Waals surface area (Å²) in [6, 6.07) is 0.354. The van der Waals surface area contributed by atoms with E-state index in [1.54, 1.807) is 0 Å². The van der Waals surface area contributed by atoms with Gasteiger partial charge in [-0.15, -0.1) is 0 Å². The molecular formula is C13H22N4O2. The highest BCUT2D eigenvalue weighted by Gasteiger charge is 2.31. The Hall–Kier alpha value is -1.56. The Balaban J connectivity index is 2.06. The summed E-state index contributed by atoms with van der Waals surface area (Å²) in [7, 11) is 1.47. The maximum atomic E-state index is 11.6. The van der Waals surface area contributed by atoms with Gasteiger partial charge in [-0.25, -0.2) is 4.98 Å². The van der Waals surface area contributed by atoms with Crippen molar-refractivity contribution in [2.75, 3.05) is 25.5 Å². The number of anilines is 1. The van der Waals surface area contributed by atoms with Gasteiger partial charge in [0.05, 0.1) is 13.4 Å². The van der Waals surface area contributed by atoms with Gasteiger partial charge in [0.15, 0.2) is 5.82 Å². The Morgan fingerprint density at radius 1 is 1.58 bits per heavy atom. The van der Waals surface area contributed by atoms with E-state index < -0.39 is 0 Å². The molecule has 0 amide bonds. The molecule has 1 aromatic heterocycles. The number of methoxy groups -OCH3 is 1. The van der Waals surface area contributed by atoms with E-state index in [4.69, 9.17) is 4.74 Å². The first-order valence-electron chi connectivity index (χ1n) is 6.63. The van der Waals surface area contributed by atoms with Crippen molar-refractivity contribution >= 4 is 5.82 Å². The summed E-state index contributed by atoms with van der Waals surface area (Å²) in [5.74, 6) is 0.727. The predicted octanol–water partition coefficient (Wildman–Crippen LogP) is 0.969. The average molecular weight is 266 g/mol. The molecule has 19 heavy (non-hydrogen) atoms. The number of aromatic nitrogens is 2. The molecule has 2 heterocycles. The third-order valence-electron chi connectivity index (χ3n) is 3.82. The summed E-state index contributed by atoms with van der Waals surface area (Å²) < 4.78 is 5.08. The number of hydrogen-bond donors (Lipinski definition) is 3. The fraction of sp³-hybridized carbons (Fsp3) is 0.692. The van der Waals surface area contributed by atoms with Gasteiger partial charge in [-0.05, 0) is 24.8 Å². The summed E-state index contributed by atoms with van der Waals surface area (Å²) in [5, 5.41) is 6.73. The first-order valence-corrected chi connectivity index (χ1v) is 6.63. The number of nitrogens with zero attached hydrogens (tertiary/aromatic N) is 1. The molecule has 1 saturated heterocycles. The molecule has 0 aromatic carbocycles. The largest absolute Gasteiger partial charge is 0.489 e. The first-order chi connectivity index (χ1) is 9.04. The Morgan fingerprint density at radius 3 is 3.05 bits per heavy atom. The summed E-state index contributed by atoms with van der Waals surface area (Å²) in [6.07, 6.45) is 3.79. The van der Waals surface area contributed by atoms with Gasteiger partial charge >= 0.3 is 0 Å². The minimum absolute atomic E-state index is 0.233. The second kappa shape index (κ2) is 5.61. The Bertz CT molecular complexity index is 484. The van der Waals surface area contributed by atoms with E-state index in [-0.39, 0.29) is 16.7 Å². The van der Waals surface area contributed by atoms with Crippen LogP contribution in [0, 0.1) is 5.41 Å². The number of hydrogen-bond acceptors (Lipinski definition) is 5. The Morgan fingerprint density at radius 2 is 2.37 bits per heavy atom. The quantitative estimate of drug-likeness (QED) is 0.757. The van der Waals surface area contributed by atoms with Gasteiger partial charge in [0, 0.05) is 12.6 Å². The smallest absolute Gasteiger partial charge is 0.295 e. The summed E-state index contributed by atoms with van der Waals surface area (Å²) in [4.78, 5) is 18.2. The SMILES string of the molecule is COc1c(NCC2NCCCC2(C)C)nc[nH]c1=O. The van der Waals surface area contributed by atoms with Crippen LogP contribution in [0.5, 0.6) is 5.75 Å². The molecule has 3 N–H and O–H groups in total. The van der Waals surface area contributed by atoms with Gasteiger partial charge in [-0.3, -0.25) is 4.79 Å². The molecule has 0 saturated carbocycles. The number of H-pyrrole nitrogens is 1. The van der Waals surface area contributed by atoms with E-state index in [0.29, 0.717) is 11.9 Å². The number of ether oxygens (including phenoxy) is 1. The highest BCUT2D eigenvalue weighted by molar-refractivity contribution is 5.47. The number of aromatic amines is 1. The lowest BCUT2D eigenvalue weighted by Gasteiger charge is -2.39. The highest BCUT2D eigenvalue weighted by atomic mass is 16.5. The Kier molecular flexibility index (Phi) is 4.09. The minimum atomic E-state index is -0.268. The molecule has 0 radical (unpaired) electrons. The fourth-order valence-electron chi connectivity index (χ4n) is 2.52. The van der Waals surface area contributed by atoms with Crippen LogP contribution in [0.4, 0.5) is 5.82 Å². The van der Waals surface area contributed by atoms with E-state index in [1.807, 2.05) is 0 Å². The standard InChI is InChI=1S/C13H22N4O2/c1-13(2)5-4-6-14-9(13)7-15-11-10(19-3)12(18)17-8-16-11/h8-9,14H,4-7H2,1-3H3,(H2,15,16,17,18). The lowest BCUT2D eigenvalue weighted by molar-refractivity contribution is 0.188. The van der Waals surface area contributed by atoms with Crippen molar-refractivity contribution < 1.29 is 4.74 Å². The van der Waals surface area contributed by atoms with E-state index in [1.165, 1.54) is 26.3 Å². The van der Waals surface area contributed by atoms with Crippen molar-refractivity contribution in [1.29, 1.82) is 0 Å². The topological polar surface area (TPSA) is 79.0 Å². The van der Waals surface area contributed by atoms with E-state index >= 15 is 0 Å². The van der Waals surface area contributed by atoms with E-state index in [2.05, 4.69) is 34.4 Å². The Labute approximate surface area is 113 Å². The van der Waals surface area contributed by atoms with Gasteiger partial charge in [-0.2, -0.15) is 0 Å². The third-order valence-corrected chi connectivity index (χ3v) is 3.82. The van der Waals surface area contributed by atoms with E-state index in [9.17, 15) is 4.79 Å². The fourth-order valence-corrected chi connectivity index (χ4v) is 2.52. The molecule has 106 valence electrons. The van der Waals surface area contributed by atoms with E-state index in [0.717, 1.165) is 13.1 Å². The molecule has 6 nitrogen and oxygen atoms in total. The van der Waals surface area contributed by atoms with Crippen molar-refractivity contribution in [3.63, 3.8) is 0 Å². The molecule has 6 heteroatoms. The van der Waals surface area contributed by atoms with Crippen LogP contribution in [0.25, 0.3) is 0 Å². The van der Waals surface area contributed by atoms with Crippen molar-refractivity contribution in [2.45, 2.75) is 32.7 Å². The van der Waals surface area contributed by atoms with Crippen molar-refractivity contribution in [1.82, 2.24) is 15.3 Å². The lowest BCUT2D eigenvalue weighted by atomic mass is 9.77. The molecule has 0 bridgehead atoms. The van der Waals surface area contributed by atoms with Crippen LogP contribution in [0.15, 0.2) is 11.1 Å². The lowest BCUT2D eigenvalue weighted by Crippen LogP contribution is -2.50. The van der Waals surface area contributed by atoms with Crippen LogP contribution in [-0.2, 0) is 0 Å². The van der Waals surface area contributed by atoms with Crippen LogP contribution in [0.2, 0.25) is 0 Å². The summed E-state index contributed by atoms with van der Waals surface area (Å²) in [5.41, 5.74) is -0.0319. The molecule has 1 unspecified atom stereocenters. The molecule has 2 rings (SSSR count). The molecule has 1 fully saturated rings. The molecule has 1 aliphatic heterocycles. The van der Waals surface area contributed by atoms with Crippen LogP contribution >= 0.6 is 0 Å². The number of rotatable bonds is 4. The van der Waals surface area contributed by atoms with Crippen molar-refractivity contribution in [3.05, 3.63) is 16.7 Å². The zero-order valence-electron chi connectivity index (χ0n) is 11.7. The summed E-state index contributed by atoms with van der Waals surface area (Å²) in [6.45, 7) is 6.28. The molecular weight excluding hydrogens is 244 g/mol. The van der Waals surface area contributed by atoms with Crippen molar-refractivity contribution in [2.24, 2.45) is 5.41 Å². The van der Waals surface area contributed by atoms with Gasteiger partial charge in [0.1, 0.15) is 0 Å². The average Bonchev–Trinajstić information content (AvgIpc) is 2.37. The highest BCUT2D eigenvalue weighted by Crippen LogP contribution is 2.30. The molecule has 0 spiro atoms. The number of nitrogens with one attached hydrogen (secondary N) is 3. The second-order valence-corrected chi connectivity index (χ2v) is 5.59. The number of piperidine rings is 1. The maximum absolute atomic E-state index is 11.6. The predicted molar refractivity (Wildman–Crippen MR) is 74.7 cm³/mol. The second-order valence-electron chi connectivity index (χ2n) is 5.59. The molecule has 1 aliphatic rings.